The second-order valence-electron chi connectivity index (χ2n) is 5.98. The van der Waals surface area contributed by atoms with Gasteiger partial charge in [0.15, 0.2) is 6.61 Å². The quantitative estimate of drug-likeness (QED) is 0.737. The molecule has 3 rings (SSSR count). The lowest BCUT2D eigenvalue weighted by Gasteiger charge is -2.25. The van der Waals surface area contributed by atoms with Gasteiger partial charge in [-0.1, -0.05) is 18.5 Å². The number of rotatable bonds is 6. The molecule has 1 aromatic heterocycles. The van der Waals surface area contributed by atoms with E-state index in [-0.39, 0.29) is 24.9 Å². The van der Waals surface area contributed by atoms with Gasteiger partial charge in [-0.15, -0.1) is 23.7 Å². The van der Waals surface area contributed by atoms with Crippen LogP contribution in [0.25, 0.3) is 0 Å². The number of anilines is 1. The van der Waals surface area contributed by atoms with Gasteiger partial charge in [0.2, 0.25) is 0 Å². The van der Waals surface area contributed by atoms with Crippen LogP contribution in [0.5, 0.6) is 5.75 Å². The number of benzene rings is 1. The van der Waals surface area contributed by atoms with Gasteiger partial charge < -0.3 is 15.8 Å². The van der Waals surface area contributed by atoms with E-state index in [0.717, 1.165) is 36.5 Å². The van der Waals surface area contributed by atoms with Gasteiger partial charge in [0.25, 0.3) is 11.8 Å². The molecular formula is C18H21Cl2N3O3S. The Morgan fingerprint density at radius 1 is 1.33 bits per heavy atom. The number of nitrogens with one attached hydrogen (secondary N) is 1. The lowest BCUT2D eigenvalue weighted by Crippen LogP contribution is -2.30. The van der Waals surface area contributed by atoms with Crippen LogP contribution in [0.15, 0.2) is 24.3 Å². The van der Waals surface area contributed by atoms with Crippen molar-refractivity contribution >= 4 is 52.2 Å². The summed E-state index contributed by atoms with van der Waals surface area (Å²) in [4.78, 5) is 27.5. The number of carbonyl (C=O) groups excluding carboxylic acids is 2. The van der Waals surface area contributed by atoms with E-state index in [0.29, 0.717) is 21.3 Å². The van der Waals surface area contributed by atoms with Crippen molar-refractivity contribution in [3.05, 3.63) is 45.3 Å². The van der Waals surface area contributed by atoms with Crippen LogP contribution in [-0.2, 0) is 17.8 Å². The van der Waals surface area contributed by atoms with Crippen LogP contribution in [0.1, 0.15) is 27.7 Å². The average molecular weight is 430 g/mol. The van der Waals surface area contributed by atoms with Gasteiger partial charge in [-0.2, -0.15) is 0 Å². The van der Waals surface area contributed by atoms with E-state index in [1.165, 1.54) is 11.3 Å². The summed E-state index contributed by atoms with van der Waals surface area (Å²) in [6.07, 6.45) is 0.759. The average Bonchev–Trinajstić information content (AvgIpc) is 2.98. The largest absolute Gasteiger partial charge is 0.484 e. The summed E-state index contributed by atoms with van der Waals surface area (Å²) >= 11 is 7.23. The Morgan fingerprint density at radius 2 is 2.04 bits per heavy atom. The molecule has 0 atom stereocenters. The minimum absolute atomic E-state index is 0. The summed E-state index contributed by atoms with van der Waals surface area (Å²) in [6.45, 7) is 4.54. The number of amides is 2. The molecule has 0 radical (unpaired) electrons. The first-order chi connectivity index (χ1) is 12.5. The third-order valence-corrected chi connectivity index (χ3v) is 5.65. The molecule has 27 heavy (non-hydrogen) atoms. The predicted molar refractivity (Wildman–Crippen MR) is 110 cm³/mol. The second-order valence-corrected chi connectivity index (χ2v) is 7.52. The fourth-order valence-corrected chi connectivity index (χ4v) is 4.35. The zero-order valence-corrected chi connectivity index (χ0v) is 17.2. The number of nitrogens with zero attached hydrogens (tertiary/aromatic N) is 1. The van der Waals surface area contributed by atoms with Crippen LogP contribution >= 0.6 is 35.3 Å². The number of carbonyl (C=O) groups is 2. The van der Waals surface area contributed by atoms with Gasteiger partial charge in [0.1, 0.15) is 10.8 Å². The molecule has 0 saturated heterocycles. The molecule has 2 heterocycles. The van der Waals surface area contributed by atoms with Crippen molar-refractivity contribution in [1.82, 2.24) is 4.90 Å². The lowest BCUT2D eigenvalue weighted by atomic mass is 10.0. The normalized spacial score (nSPS) is 13.4. The fraction of sp³-hybridized carbons (Fsp3) is 0.333. The molecule has 0 fully saturated rings. The highest BCUT2D eigenvalue weighted by molar-refractivity contribution is 7.17. The van der Waals surface area contributed by atoms with Gasteiger partial charge in [0, 0.05) is 23.0 Å². The van der Waals surface area contributed by atoms with Gasteiger partial charge in [0.05, 0.1) is 5.56 Å². The van der Waals surface area contributed by atoms with Crippen molar-refractivity contribution in [2.45, 2.75) is 19.9 Å². The highest BCUT2D eigenvalue weighted by atomic mass is 35.5. The van der Waals surface area contributed by atoms with E-state index in [1.807, 2.05) is 0 Å². The Kier molecular flexibility index (Phi) is 7.49. The number of likely N-dealkylation sites (N-methyl/N-ethyl adjacent to an activating group) is 1. The van der Waals surface area contributed by atoms with E-state index >= 15 is 0 Å². The van der Waals surface area contributed by atoms with Crippen molar-refractivity contribution in [3.63, 3.8) is 0 Å². The van der Waals surface area contributed by atoms with Crippen LogP contribution in [0, 0.1) is 0 Å². The molecule has 0 bridgehead atoms. The third-order valence-electron chi connectivity index (χ3n) is 4.27. The molecule has 0 aliphatic carbocycles. The van der Waals surface area contributed by atoms with Crippen molar-refractivity contribution < 1.29 is 14.3 Å². The second kappa shape index (κ2) is 9.41. The molecule has 0 unspecified atom stereocenters. The van der Waals surface area contributed by atoms with E-state index in [9.17, 15) is 9.59 Å². The van der Waals surface area contributed by atoms with Crippen molar-refractivity contribution in [3.8, 4) is 5.75 Å². The summed E-state index contributed by atoms with van der Waals surface area (Å²) in [7, 11) is 0. The number of hydrogen-bond donors (Lipinski definition) is 2. The van der Waals surface area contributed by atoms with Gasteiger partial charge in [-0.25, -0.2) is 0 Å². The van der Waals surface area contributed by atoms with Crippen molar-refractivity contribution in [2.24, 2.45) is 5.73 Å². The standard InChI is InChI=1S/C18H20ClN3O3S.ClH/c1-2-22-8-7-13-14(9-22)26-18(16(13)17(20)24)21-15(23)10-25-12-5-3-11(19)4-6-12;/h3-6H,2,7-10H2,1H3,(H2,20,24)(H,21,23);1H. The molecule has 6 nitrogen and oxygen atoms in total. The Bertz CT molecular complexity index is 824. The molecule has 1 aliphatic heterocycles. The fourth-order valence-electron chi connectivity index (χ4n) is 2.92. The van der Waals surface area contributed by atoms with Crippen LogP contribution in [0.4, 0.5) is 5.00 Å². The minimum atomic E-state index is -0.513. The monoisotopic (exact) mass is 429 g/mol. The molecule has 2 amide bonds. The Balaban J connectivity index is 0.00000261. The van der Waals surface area contributed by atoms with Crippen LogP contribution < -0.4 is 15.8 Å². The van der Waals surface area contributed by atoms with E-state index < -0.39 is 5.91 Å². The van der Waals surface area contributed by atoms with Gasteiger partial charge in [-0.05, 0) is 42.8 Å². The smallest absolute Gasteiger partial charge is 0.262 e. The van der Waals surface area contributed by atoms with Crippen LogP contribution in [0.2, 0.25) is 5.02 Å². The number of nitrogens with two attached hydrogens (primary N) is 1. The Morgan fingerprint density at radius 3 is 2.67 bits per heavy atom. The molecule has 1 aromatic carbocycles. The Labute approximate surface area is 173 Å². The summed E-state index contributed by atoms with van der Waals surface area (Å²) in [5.41, 5.74) is 6.95. The maximum absolute atomic E-state index is 12.2. The number of ether oxygens (including phenoxy) is 1. The Hall–Kier alpha value is -1.80. The molecule has 146 valence electrons. The minimum Gasteiger partial charge on any atom is -0.484 e. The predicted octanol–water partition coefficient (Wildman–Crippen LogP) is 3.32. The molecule has 3 N–H and O–H groups in total. The number of hydrogen-bond acceptors (Lipinski definition) is 5. The van der Waals surface area contributed by atoms with Gasteiger partial charge >= 0.3 is 0 Å². The van der Waals surface area contributed by atoms with E-state index in [4.69, 9.17) is 22.1 Å². The molecule has 1 aliphatic rings. The molecular weight excluding hydrogens is 409 g/mol. The first-order valence-electron chi connectivity index (χ1n) is 8.32. The van der Waals surface area contributed by atoms with E-state index in [1.54, 1.807) is 24.3 Å². The maximum Gasteiger partial charge on any atom is 0.262 e. The summed E-state index contributed by atoms with van der Waals surface area (Å²) in [6, 6.07) is 6.75. The van der Waals surface area contributed by atoms with Gasteiger partial charge in [-0.3, -0.25) is 14.5 Å². The van der Waals surface area contributed by atoms with Crippen molar-refractivity contribution in [2.75, 3.05) is 25.0 Å². The molecule has 9 heteroatoms. The van der Waals surface area contributed by atoms with Crippen LogP contribution in [-0.4, -0.2) is 36.4 Å². The molecule has 0 saturated carbocycles. The van der Waals surface area contributed by atoms with E-state index in [2.05, 4.69) is 17.1 Å². The topological polar surface area (TPSA) is 84.7 Å². The summed E-state index contributed by atoms with van der Waals surface area (Å²) in [5, 5.41) is 3.87. The zero-order valence-electron chi connectivity index (χ0n) is 14.8. The number of thiophene rings is 1. The molecule has 0 spiro atoms. The SMILES string of the molecule is CCN1CCc2c(sc(NC(=O)COc3ccc(Cl)cc3)c2C(N)=O)C1.Cl. The lowest BCUT2D eigenvalue weighted by molar-refractivity contribution is -0.118. The maximum atomic E-state index is 12.2. The summed E-state index contributed by atoms with van der Waals surface area (Å²) in [5.74, 6) is -0.307. The highest BCUT2D eigenvalue weighted by Gasteiger charge is 2.27. The highest BCUT2D eigenvalue weighted by Crippen LogP contribution is 2.36. The zero-order chi connectivity index (χ0) is 18.7. The first-order valence-corrected chi connectivity index (χ1v) is 9.52. The van der Waals surface area contributed by atoms with Crippen molar-refractivity contribution in [1.29, 1.82) is 0 Å². The third kappa shape index (κ3) is 5.13. The number of halogens is 2. The van der Waals surface area contributed by atoms with Crippen LogP contribution in [0.3, 0.4) is 0 Å². The first kappa shape index (κ1) is 21.5. The molecule has 2 aromatic rings. The summed E-state index contributed by atoms with van der Waals surface area (Å²) < 4.78 is 5.44. The number of fused-ring (bicyclic) bond motifs is 1. The number of primary amides is 1.